The number of hydrogen-bond donors (Lipinski definition) is 2. The van der Waals surface area contributed by atoms with E-state index in [4.69, 9.17) is 4.52 Å². The Hall–Kier alpha value is -1.80. The lowest BCUT2D eigenvalue weighted by atomic mass is 10.3. The van der Waals surface area contributed by atoms with E-state index in [2.05, 4.69) is 31.7 Å². The molecule has 2 aromatic rings. The highest BCUT2D eigenvalue weighted by molar-refractivity contribution is 9.10. The predicted molar refractivity (Wildman–Crippen MR) is 94.6 cm³/mol. The van der Waals surface area contributed by atoms with E-state index in [1.807, 2.05) is 12.1 Å². The molecule has 0 aliphatic rings. The molecule has 0 spiro atoms. The number of nitrogens with one attached hydrogen (secondary N) is 2. The molecule has 1 aromatic carbocycles. The van der Waals surface area contributed by atoms with Gasteiger partial charge in [0.05, 0.1) is 11.0 Å². The van der Waals surface area contributed by atoms with Crippen LogP contribution in [0.3, 0.4) is 0 Å². The van der Waals surface area contributed by atoms with Crippen LogP contribution < -0.4 is 10.6 Å². The smallest absolute Gasteiger partial charge is 0.238 e. The van der Waals surface area contributed by atoms with Crippen molar-refractivity contribution in [2.45, 2.75) is 19.1 Å². The second-order valence-corrected chi connectivity index (χ2v) is 7.07. The van der Waals surface area contributed by atoms with Crippen LogP contribution in [0.15, 0.2) is 39.3 Å². The van der Waals surface area contributed by atoms with Crippen molar-refractivity contribution < 1.29 is 14.1 Å². The molecule has 1 atom stereocenters. The van der Waals surface area contributed by atoms with Gasteiger partial charge in [-0.05, 0) is 38.1 Å². The highest BCUT2D eigenvalue weighted by Crippen LogP contribution is 2.17. The number of amides is 2. The Morgan fingerprint density at radius 2 is 2.00 bits per heavy atom. The first-order chi connectivity index (χ1) is 10.9. The fourth-order valence-electron chi connectivity index (χ4n) is 1.66. The molecule has 0 bridgehead atoms. The van der Waals surface area contributed by atoms with Gasteiger partial charge in [-0.2, -0.15) is 0 Å². The predicted octanol–water partition coefficient (Wildman–Crippen LogP) is 3.44. The Balaban J connectivity index is 1.76. The number of hydrogen-bond acceptors (Lipinski definition) is 5. The Kier molecular flexibility index (Phi) is 6.23. The summed E-state index contributed by atoms with van der Waals surface area (Å²) in [7, 11) is 0. The molecule has 0 saturated heterocycles. The minimum atomic E-state index is -0.386. The molecule has 0 radical (unpaired) electrons. The van der Waals surface area contributed by atoms with Gasteiger partial charge in [0.1, 0.15) is 5.76 Å². The van der Waals surface area contributed by atoms with E-state index in [1.54, 1.807) is 32.0 Å². The number of anilines is 2. The van der Waals surface area contributed by atoms with Crippen molar-refractivity contribution in [2.24, 2.45) is 0 Å². The number of halogens is 1. The van der Waals surface area contributed by atoms with Gasteiger partial charge in [0.2, 0.25) is 11.8 Å². The zero-order valence-corrected chi connectivity index (χ0v) is 15.0. The average Bonchev–Trinajstić information content (AvgIpc) is 2.92. The van der Waals surface area contributed by atoms with Gasteiger partial charge >= 0.3 is 0 Å². The number of carbonyl (C=O) groups is 2. The molecule has 2 rings (SSSR count). The van der Waals surface area contributed by atoms with Gasteiger partial charge in [0.15, 0.2) is 5.82 Å². The lowest BCUT2D eigenvalue weighted by Gasteiger charge is -2.10. The van der Waals surface area contributed by atoms with Crippen molar-refractivity contribution in [3.05, 3.63) is 40.6 Å². The van der Waals surface area contributed by atoms with Crippen LogP contribution in [0.2, 0.25) is 0 Å². The van der Waals surface area contributed by atoms with Gasteiger partial charge in [-0.1, -0.05) is 21.1 Å². The number of benzene rings is 1. The monoisotopic (exact) mass is 397 g/mol. The molecular formula is C15H16BrN3O3S. The summed E-state index contributed by atoms with van der Waals surface area (Å²) in [6, 6.07) is 8.93. The Morgan fingerprint density at radius 1 is 1.30 bits per heavy atom. The van der Waals surface area contributed by atoms with Crippen molar-refractivity contribution in [3.8, 4) is 0 Å². The molecule has 0 fully saturated rings. The molecule has 0 aliphatic carbocycles. The number of nitrogens with zero attached hydrogens (tertiary/aromatic N) is 1. The third-order valence-corrected chi connectivity index (χ3v) is 4.51. The van der Waals surface area contributed by atoms with Gasteiger partial charge in [0.25, 0.3) is 0 Å². The summed E-state index contributed by atoms with van der Waals surface area (Å²) in [4.78, 5) is 23.9. The first kappa shape index (κ1) is 17.6. The van der Waals surface area contributed by atoms with Crippen molar-refractivity contribution in [3.63, 3.8) is 0 Å². The summed E-state index contributed by atoms with van der Waals surface area (Å²) < 4.78 is 5.82. The van der Waals surface area contributed by atoms with E-state index in [9.17, 15) is 9.59 Å². The minimum Gasteiger partial charge on any atom is -0.360 e. The zero-order chi connectivity index (χ0) is 16.8. The molecule has 1 aromatic heterocycles. The molecule has 2 N–H and O–H groups in total. The van der Waals surface area contributed by atoms with Crippen molar-refractivity contribution >= 4 is 51.0 Å². The third kappa shape index (κ3) is 5.72. The summed E-state index contributed by atoms with van der Waals surface area (Å²) in [6.07, 6.45) is 0. The molecule has 0 aliphatic heterocycles. The minimum absolute atomic E-state index is 0.158. The van der Waals surface area contributed by atoms with Gasteiger partial charge in [-0.15, -0.1) is 11.8 Å². The van der Waals surface area contributed by atoms with Crippen LogP contribution in [0.4, 0.5) is 11.5 Å². The Bertz CT molecular complexity index is 688. The van der Waals surface area contributed by atoms with Crippen molar-refractivity contribution in [1.82, 2.24) is 5.16 Å². The van der Waals surface area contributed by atoms with E-state index in [0.717, 1.165) is 4.47 Å². The van der Waals surface area contributed by atoms with E-state index in [0.29, 0.717) is 17.3 Å². The van der Waals surface area contributed by atoms with Crippen LogP contribution in [0.1, 0.15) is 12.7 Å². The van der Waals surface area contributed by atoms with Crippen molar-refractivity contribution in [2.75, 3.05) is 16.4 Å². The Labute approximate surface area is 146 Å². The van der Waals surface area contributed by atoms with Gasteiger partial charge in [0, 0.05) is 16.2 Å². The number of carbonyl (C=O) groups excluding carboxylic acids is 2. The van der Waals surface area contributed by atoms with Crippen LogP contribution >= 0.6 is 27.7 Å². The largest absolute Gasteiger partial charge is 0.360 e. The number of aryl methyl sites for hydroxylation is 1. The number of thioether (sulfide) groups is 1. The van der Waals surface area contributed by atoms with E-state index >= 15 is 0 Å². The molecule has 1 heterocycles. The summed E-state index contributed by atoms with van der Waals surface area (Å²) >= 11 is 4.58. The second kappa shape index (κ2) is 8.16. The quantitative estimate of drug-likeness (QED) is 0.779. The van der Waals surface area contributed by atoms with E-state index in [-0.39, 0.29) is 22.8 Å². The van der Waals surface area contributed by atoms with Gasteiger partial charge < -0.3 is 15.2 Å². The zero-order valence-electron chi connectivity index (χ0n) is 12.6. The number of rotatable bonds is 6. The molecule has 8 heteroatoms. The topological polar surface area (TPSA) is 84.2 Å². The highest BCUT2D eigenvalue weighted by Gasteiger charge is 2.16. The van der Waals surface area contributed by atoms with Crippen LogP contribution in [0.25, 0.3) is 0 Å². The third-order valence-electron chi connectivity index (χ3n) is 2.84. The molecule has 23 heavy (non-hydrogen) atoms. The average molecular weight is 398 g/mol. The molecule has 1 unspecified atom stereocenters. The standard InChI is InChI=1S/C15H16BrN3O3S/c1-9-7-13(19-22-9)18-15(21)10(2)23-8-14(20)17-12-5-3-11(16)4-6-12/h3-7,10H,8H2,1-2H3,(H,17,20)(H,18,19,21). The van der Waals surface area contributed by atoms with Crippen LogP contribution in [-0.2, 0) is 9.59 Å². The fourth-order valence-corrected chi connectivity index (χ4v) is 2.61. The highest BCUT2D eigenvalue weighted by atomic mass is 79.9. The molecule has 6 nitrogen and oxygen atoms in total. The maximum absolute atomic E-state index is 12.0. The first-order valence-electron chi connectivity index (χ1n) is 6.85. The maximum Gasteiger partial charge on any atom is 0.238 e. The van der Waals surface area contributed by atoms with Crippen LogP contribution in [-0.4, -0.2) is 28.0 Å². The van der Waals surface area contributed by atoms with Crippen molar-refractivity contribution in [1.29, 1.82) is 0 Å². The van der Waals surface area contributed by atoms with Crippen LogP contribution in [0, 0.1) is 6.92 Å². The summed E-state index contributed by atoms with van der Waals surface area (Å²) in [5.74, 6) is 0.797. The second-order valence-electron chi connectivity index (χ2n) is 4.82. The maximum atomic E-state index is 12.0. The lowest BCUT2D eigenvalue weighted by Crippen LogP contribution is -2.25. The van der Waals surface area contributed by atoms with E-state index < -0.39 is 0 Å². The first-order valence-corrected chi connectivity index (χ1v) is 8.69. The molecule has 122 valence electrons. The fraction of sp³-hybridized carbons (Fsp3) is 0.267. The summed E-state index contributed by atoms with van der Waals surface area (Å²) in [5.41, 5.74) is 0.717. The molecule has 2 amide bonds. The Morgan fingerprint density at radius 3 is 2.61 bits per heavy atom. The van der Waals surface area contributed by atoms with Gasteiger partial charge in [-0.3, -0.25) is 9.59 Å². The summed E-state index contributed by atoms with van der Waals surface area (Å²) in [6.45, 7) is 3.48. The lowest BCUT2D eigenvalue weighted by molar-refractivity contribution is -0.115. The normalized spacial score (nSPS) is 11.8. The molecule has 0 saturated carbocycles. The molecular weight excluding hydrogens is 382 g/mol. The van der Waals surface area contributed by atoms with E-state index in [1.165, 1.54) is 11.8 Å². The summed E-state index contributed by atoms with van der Waals surface area (Å²) in [5, 5.41) is 8.73. The number of aromatic nitrogens is 1. The SMILES string of the molecule is Cc1cc(NC(=O)C(C)SCC(=O)Nc2ccc(Br)cc2)no1. The van der Waals surface area contributed by atoms with Gasteiger partial charge in [-0.25, -0.2) is 0 Å². The van der Waals surface area contributed by atoms with Crippen LogP contribution in [0.5, 0.6) is 0 Å².